The van der Waals surface area contributed by atoms with Crippen LogP contribution < -0.4 is 4.90 Å². The monoisotopic (exact) mass is 363 g/mol. The van der Waals surface area contributed by atoms with Crippen LogP contribution in [-0.2, 0) is 10.0 Å². The molecular weight excluding hydrogens is 338 g/mol. The summed E-state index contributed by atoms with van der Waals surface area (Å²) in [6.07, 6.45) is 5.10. The fourth-order valence-electron chi connectivity index (χ4n) is 3.40. The van der Waals surface area contributed by atoms with Gasteiger partial charge in [0.2, 0.25) is 0 Å². The van der Waals surface area contributed by atoms with E-state index in [4.69, 9.17) is 0 Å². The Bertz CT molecular complexity index is 796. The molecule has 1 amide bonds. The smallest absolute Gasteiger partial charge is 0.286 e. The Morgan fingerprint density at radius 1 is 1.20 bits per heavy atom. The van der Waals surface area contributed by atoms with Crippen LogP contribution >= 0.6 is 0 Å². The van der Waals surface area contributed by atoms with Gasteiger partial charge in [-0.3, -0.25) is 4.79 Å². The summed E-state index contributed by atoms with van der Waals surface area (Å²) in [5.74, 6) is 0.389. The van der Waals surface area contributed by atoms with Gasteiger partial charge in [0.05, 0.1) is 5.69 Å². The lowest BCUT2D eigenvalue weighted by atomic mass is 10.1. The van der Waals surface area contributed by atoms with Crippen molar-refractivity contribution in [3.05, 3.63) is 23.8 Å². The molecule has 25 heavy (non-hydrogen) atoms. The lowest BCUT2D eigenvalue weighted by Crippen LogP contribution is -2.37. The van der Waals surface area contributed by atoms with Crippen LogP contribution in [0.15, 0.2) is 27.5 Å². The largest absolute Gasteiger partial charge is 0.339 e. The normalized spacial score (nSPS) is 19.4. The highest BCUT2D eigenvalue weighted by Gasteiger charge is 2.30. The molecule has 2 heterocycles. The summed E-state index contributed by atoms with van der Waals surface area (Å²) in [4.78, 5) is 16.6. The summed E-state index contributed by atoms with van der Waals surface area (Å²) < 4.78 is 28.9. The van der Waals surface area contributed by atoms with Crippen LogP contribution in [0.4, 0.5) is 5.69 Å². The number of likely N-dealkylation sites (tertiary alicyclic amines) is 1. The van der Waals surface area contributed by atoms with Gasteiger partial charge >= 0.3 is 0 Å². The predicted molar refractivity (Wildman–Crippen MR) is 98.7 cm³/mol. The molecule has 0 atom stereocenters. The third-order valence-corrected chi connectivity index (χ3v) is 6.18. The first-order valence-corrected chi connectivity index (χ1v) is 10.4. The first-order chi connectivity index (χ1) is 11.9. The standard InChI is InChI=1S/C18H25N3O3S/c1-3-4-12-21-14(2)19-25(23,24)17-13-15(8-9-16(17)21)18(22)20-10-6-5-7-11-20/h8-9,13H,3-7,10-12H2,1-2H3. The van der Waals surface area contributed by atoms with Gasteiger partial charge in [-0.2, -0.15) is 8.42 Å². The molecule has 2 aliphatic heterocycles. The third-order valence-electron chi connectivity index (χ3n) is 4.80. The summed E-state index contributed by atoms with van der Waals surface area (Å²) >= 11 is 0. The van der Waals surface area contributed by atoms with E-state index in [-0.39, 0.29) is 10.8 Å². The predicted octanol–water partition coefficient (Wildman–Crippen LogP) is 3.04. The number of carbonyl (C=O) groups is 1. The van der Waals surface area contributed by atoms with E-state index < -0.39 is 10.0 Å². The Morgan fingerprint density at radius 2 is 1.92 bits per heavy atom. The molecule has 0 aromatic heterocycles. The number of sulfonamides is 1. The van der Waals surface area contributed by atoms with Gasteiger partial charge in [-0.25, -0.2) is 0 Å². The van der Waals surface area contributed by atoms with Crippen molar-refractivity contribution in [3.63, 3.8) is 0 Å². The van der Waals surface area contributed by atoms with Crippen molar-refractivity contribution in [2.24, 2.45) is 4.40 Å². The molecule has 0 spiro atoms. The molecule has 6 nitrogen and oxygen atoms in total. The molecule has 1 saturated heterocycles. The van der Waals surface area contributed by atoms with E-state index in [1.54, 1.807) is 19.1 Å². The second-order valence-electron chi connectivity index (χ2n) is 6.65. The SMILES string of the molecule is CCCCN1C(C)=NS(=O)(=O)c2cc(C(=O)N3CCCCC3)ccc21. The average molecular weight is 363 g/mol. The molecule has 0 saturated carbocycles. The minimum absolute atomic E-state index is 0.0934. The van der Waals surface area contributed by atoms with Crippen molar-refractivity contribution in [3.8, 4) is 0 Å². The molecule has 136 valence electrons. The maximum Gasteiger partial charge on any atom is 0.286 e. The number of benzene rings is 1. The van der Waals surface area contributed by atoms with E-state index in [0.717, 1.165) is 45.2 Å². The Labute approximate surface area is 149 Å². The third kappa shape index (κ3) is 3.56. The van der Waals surface area contributed by atoms with Gasteiger partial charge in [0.15, 0.2) is 0 Å². The number of nitrogens with zero attached hydrogens (tertiary/aromatic N) is 3. The van der Waals surface area contributed by atoms with E-state index in [1.807, 2.05) is 9.80 Å². The van der Waals surface area contributed by atoms with Crippen molar-refractivity contribution in [1.82, 2.24) is 4.90 Å². The second kappa shape index (κ2) is 7.15. The topological polar surface area (TPSA) is 70.0 Å². The number of amidine groups is 1. The second-order valence-corrected chi connectivity index (χ2v) is 8.23. The van der Waals surface area contributed by atoms with Crippen molar-refractivity contribution < 1.29 is 13.2 Å². The minimum Gasteiger partial charge on any atom is -0.339 e. The molecule has 0 N–H and O–H groups in total. The maximum atomic E-state index is 12.7. The fourth-order valence-corrected chi connectivity index (χ4v) is 4.66. The van der Waals surface area contributed by atoms with E-state index in [1.165, 1.54) is 6.07 Å². The zero-order valence-corrected chi connectivity index (χ0v) is 15.7. The van der Waals surface area contributed by atoms with Crippen molar-refractivity contribution in [2.45, 2.75) is 50.8 Å². The minimum atomic E-state index is -3.76. The van der Waals surface area contributed by atoms with Gasteiger partial charge in [0.25, 0.3) is 15.9 Å². The summed E-state index contributed by atoms with van der Waals surface area (Å²) in [6, 6.07) is 4.98. The zero-order chi connectivity index (χ0) is 18.0. The van der Waals surface area contributed by atoms with Crippen LogP contribution in [0.2, 0.25) is 0 Å². The molecule has 1 aromatic carbocycles. The molecule has 0 radical (unpaired) electrons. The average Bonchev–Trinajstić information content (AvgIpc) is 2.61. The first kappa shape index (κ1) is 17.9. The molecule has 0 bridgehead atoms. The van der Waals surface area contributed by atoms with Crippen LogP contribution in [0.25, 0.3) is 0 Å². The number of carbonyl (C=O) groups excluding carboxylic acids is 1. The highest BCUT2D eigenvalue weighted by atomic mass is 32.2. The Hall–Kier alpha value is -1.89. The van der Waals surface area contributed by atoms with E-state index in [2.05, 4.69) is 11.3 Å². The Balaban J connectivity index is 1.97. The number of piperidine rings is 1. The lowest BCUT2D eigenvalue weighted by Gasteiger charge is -2.30. The van der Waals surface area contributed by atoms with Crippen LogP contribution in [0.5, 0.6) is 0 Å². The Kier molecular flexibility index (Phi) is 5.13. The maximum absolute atomic E-state index is 12.7. The Morgan fingerprint density at radius 3 is 2.60 bits per heavy atom. The number of anilines is 1. The molecule has 0 unspecified atom stereocenters. The van der Waals surface area contributed by atoms with E-state index >= 15 is 0 Å². The van der Waals surface area contributed by atoms with E-state index in [0.29, 0.717) is 23.6 Å². The molecule has 3 rings (SSSR count). The van der Waals surface area contributed by atoms with Gasteiger partial charge in [0.1, 0.15) is 10.7 Å². The van der Waals surface area contributed by atoms with Gasteiger partial charge in [0, 0.05) is 25.2 Å². The van der Waals surface area contributed by atoms with Crippen LogP contribution in [0.1, 0.15) is 56.3 Å². The molecule has 1 fully saturated rings. The van der Waals surface area contributed by atoms with Gasteiger partial charge in [-0.05, 0) is 50.8 Å². The van der Waals surface area contributed by atoms with Crippen LogP contribution in [0.3, 0.4) is 0 Å². The van der Waals surface area contributed by atoms with Crippen molar-refractivity contribution in [2.75, 3.05) is 24.5 Å². The zero-order valence-electron chi connectivity index (χ0n) is 14.9. The molecule has 7 heteroatoms. The highest BCUT2D eigenvalue weighted by Crippen LogP contribution is 2.33. The number of rotatable bonds is 4. The van der Waals surface area contributed by atoms with Gasteiger partial charge < -0.3 is 9.80 Å². The highest BCUT2D eigenvalue weighted by molar-refractivity contribution is 7.90. The number of fused-ring (bicyclic) bond motifs is 1. The number of hydrogen-bond donors (Lipinski definition) is 0. The van der Waals surface area contributed by atoms with Crippen LogP contribution in [0, 0.1) is 0 Å². The lowest BCUT2D eigenvalue weighted by molar-refractivity contribution is 0.0724. The first-order valence-electron chi connectivity index (χ1n) is 8.96. The summed E-state index contributed by atoms with van der Waals surface area (Å²) in [7, 11) is -3.76. The molecule has 2 aliphatic rings. The van der Waals surface area contributed by atoms with Crippen molar-refractivity contribution >= 4 is 27.5 Å². The number of amides is 1. The summed E-state index contributed by atoms with van der Waals surface area (Å²) in [5, 5.41) is 0. The summed E-state index contributed by atoms with van der Waals surface area (Å²) in [6.45, 7) is 6.00. The molecule has 0 aliphatic carbocycles. The number of hydrogen-bond acceptors (Lipinski definition) is 4. The van der Waals surface area contributed by atoms with Crippen LogP contribution in [-0.4, -0.2) is 44.7 Å². The van der Waals surface area contributed by atoms with Crippen molar-refractivity contribution in [1.29, 1.82) is 0 Å². The summed E-state index contributed by atoms with van der Waals surface area (Å²) in [5.41, 5.74) is 1.05. The van der Waals surface area contributed by atoms with Gasteiger partial charge in [-0.15, -0.1) is 4.40 Å². The molecule has 1 aromatic rings. The quantitative estimate of drug-likeness (QED) is 0.824. The fraction of sp³-hybridized carbons (Fsp3) is 0.556. The number of unbranched alkanes of at least 4 members (excludes halogenated alkanes) is 1. The molecular formula is C18H25N3O3S. The van der Waals surface area contributed by atoms with Gasteiger partial charge in [-0.1, -0.05) is 13.3 Å². The van der Waals surface area contributed by atoms with E-state index in [9.17, 15) is 13.2 Å².